The first-order valence-corrected chi connectivity index (χ1v) is 4.77. The van der Waals surface area contributed by atoms with E-state index >= 15 is 0 Å². The van der Waals surface area contributed by atoms with Crippen LogP contribution in [0.15, 0.2) is 23.0 Å². The Morgan fingerprint density at radius 3 is 2.76 bits per heavy atom. The number of anilines is 1. The molecule has 0 spiro atoms. The maximum absolute atomic E-state index is 11.7. The maximum Gasteiger partial charge on any atom is 0.298 e. The number of hydrogen-bond acceptors (Lipinski definition) is 5. The highest BCUT2D eigenvalue weighted by molar-refractivity contribution is 5.89. The molecule has 0 unspecified atom stereocenters. The molecule has 1 aromatic heterocycles. The van der Waals surface area contributed by atoms with E-state index in [0.29, 0.717) is 16.6 Å². The monoisotopic (exact) mass is 234 g/mol. The maximum atomic E-state index is 11.7. The molecule has 3 N–H and O–H groups in total. The van der Waals surface area contributed by atoms with E-state index in [4.69, 9.17) is 10.5 Å². The number of benzene rings is 1. The van der Waals surface area contributed by atoms with Crippen molar-refractivity contribution in [3.8, 4) is 11.5 Å². The van der Waals surface area contributed by atoms with Crippen LogP contribution in [0.2, 0.25) is 0 Å². The quantitative estimate of drug-likeness (QED) is 0.600. The number of aromatic amines is 1. The summed E-state index contributed by atoms with van der Waals surface area (Å²) in [5, 5.41) is 0.609. The number of methoxy groups -OCH3 is 1. The number of rotatable bonds is 3. The second-order valence-electron chi connectivity index (χ2n) is 3.34. The Labute approximate surface area is 96.0 Å². The summed E-state index contributed by atoms with van der Waals surface area (Å²) in [5.74, 6) is 0.0376. The summed E-state index contributed by atoms with van der Waals surface area (Å²) in [7, 11) is 1.39. The van der Waals surface area contributed by atoms with Crippen molar-refractivity contribution in [1.29, 1.82) is 0 Å². The molecule has 1 aromatic carbocycles. The number of carbonyl (C=O) groups excluding carboxylic acids is 1. The molecule has 0 amide bonds. The first-order chi connectivity index (χ1) is 8.17. The predicted octanol–water partition coefficient (Wildman–Crippen LogP) is 0.654. The largest absolute Gasteiger partial charge is 0.492 e. The number of nitrogens with one attached hydrogen (secondary N) is 1. The second-order valence-corrected chi connectivity index (χ2v) is 3.34. The topological polar surface area (TPSA) is 94.4 Å². The molecule has 0 bridgehead atoms. The van der Waals surface area contributed by atoms with Gasteiger partial charge in [0.2, 0.25) is 5.75 Å². The first-order valence-electron chi connectivity index (χ1n) is 4.77. The van der Waals surface area contributed by atoms with Crippen LogP contribution >= 0.6 is 0 Å². The van der Waals surface area contributed by atoms with Gasteiger partial charge in [-0.15, -0.1) is 0 Å². The van der Waals surface area contributed by atoms with Gasteiger partial charge in [-0.2, -0.15) is 0 Å². The van der Waals surface area contributed by atoms with Gasteiger partial charge in [-0.05, 0) is 18.2 Å². The Morgan fingerprint density at radius 1 is 1.35 bits per heavy atom. The summed E-state index contributed by atoms with van der Waals surface area (Å²) in [5.41, 5.74) is 6.09. The van der Waals surface area contributed by atoms with Gasteiger partial charge in [-0.25, -0.2) is 0 Å². The molecule has 0 fully saturated rings. The van der Waals surface area contributed by atoms with E-state index in [1.165, 1.54) is 7.11 Å². The molecule has 0 aliphatic carbocycles. The number of aromatic nitrogens is 1. The van der Waals surface area contributed by atoms with Gasteiger partial charge >= 0.3 is 0 Å². The zero-order chi connectivity index (χ0) is 12.4. The third-order valence-electron chi connectivity index (χ3n) is 2.32. The highest BCUT2D eigenvalue weighted by atomic mass is 16.5. The zero-order valence-electron chi connectivity index (χ0n) is 9.02. The predicted molar refractivity (Wildman–Crippen MR) is 62.2 cm³/mol. The van der Waals surface area contributed by atoms with E-state index in [1.807, 2.05) is 0 Å². The van der Waals surface area contributed by atoms with Crippen molar-refractivity contribution in [3.05, 3.63) is 28.6 Å². The summed E-state index contributed by atoms with van der Waals surface area (Å²) in [6, 6.07) is 4.94. The second kappa shape index (κ2) is 4.17. The summed E-state index contributed by atoms with van der Waals surface area (Å²) >= 11 is 0. The summed E-state index contributed by atoms with van der Waals surface area (Å²) in [6.45, 7) is 0.177. The molecule has 6 nitrogen and oxygen atoms in total. The average Bonchev–Trinajstić information content (AvgIpc) is 2.30. The van der Waals surface area contributed by atoms with E-state index in [9.17, 15) is 9.59 Å². The minimum Gasteiger partial charge on any atom is -0.492 e. The van der Waals surface area contributed by atoms with Crippen LogP contribution in [0.3, 0.4) is 0 Å². The molecular formula is C11H10N2O4. The zero-order valence-corrected chi connectivity index (χ0v) is 9.02. The van der Waals surface area contributed by atoms with Crippen molar-refractivity contribution in [2.75, 3.05) is 12.8 Å². The van der Waals surface area contributed by atoms with Gasteiger partial charge in [0.15, 0.2) is 5.75 Å². The average molecular weight is 234 g/mol. The molecule has 0 aliphatic heterocycles. The normalized spacial score (nSPS) is 10.2. The number of carbonyl (C=O) groups is 1. The Balaban J connectivity index is 2.85. The van der Waals surface area contributed by atoms with Crippen molar-refractivity contribution in [2.24, 2.45) is 0 Å². The third-order valence-corrected chi connectivity index (χ3v) is 2.32. The smallest absolute Gasteiger partial charge is 0.298 e. The van der Waals surface area contributed by atoms with Gasteiger partial charge in [0.1, 0.15) is 0 Å². The summed E-state index contributed by atoms with van der Waals surface area (Å²) < 4.78 is 9.70. The highest BCUT2D eigenvalue weighted by Gasteiger charge is 2.14. The minimum absolute atomic E-state index is 0.167. The van der Waals surface area contributed by atoms with Gasteiger partial charge in [0.05, 0.1) is 12.6 Å². The molecule has 0 saturated carbocycles. The molecule has 6 heteroatoms. The molecule has 2 rings (SSSR count). The molecule has 2 aromatic rings. The molecule has 17 heavy (non-hydrogen) atoms. The van der Waals surface area contributed by atoms with Gasteiger partial charge in [0, 0.05) is 11.1 Å². The number of ether oxygens (including phenoxy) is 2. The summed E-state index contributed by atoms with van der Waals surface area (Å²) in [4.78, 5) is 24.5. The molecule has 0 radical (unpaired) electrons. The molecule has 1 heterocycles. The van der Waals surface area contributed by atoms with Gasteiger partial charge in [0.25, 0.3) is 12.0 Å². The standard InChI is InChI=1S/C11H10N2O4/c1-16-9-7-3-2-6(12)4-8(7)13-11(15)10(9)17-5-14/h2-5H,12H2,1H3,(H,13,15). The number of nitrogens with two attached hydrogens (primary N) is 1. The fourth-order valence-electron chi connectivity index (χ4n) is 1.63. The van der Waals surface area contributed by atoms with Crippen molar-refractivity contribution < 1.29 is 14.3 Å². The fourth-order valence-corrected chi connectivity index (χ4v) is 1.63. The van der Waals surface area contributed by atoms with E-state index < -0.39 is 5.56 Å². The Hall–Kier alpha value is -2.50. The van der Waals surface area contributed by atoms with E-state index in [1.54, 1.807) is 18.2 Å². The van der Waals surface area contributed by atoms with E-state index in [0.717, 1.165) is 0 Å². The van der Waals surface area contributed by atoms with Crippen LogP contribution in [0.4, 0.5) is 5.69 Å². The highest BCUT2D eigenvalue weighted by Crippen LogP contribution is 2.31. The molecule has 88 valence electrons. The number of fused-ring (bicyclic) bond motifs is 1. The van der Waals surface area contributed by atoms with Crippen molar-refractivity contribution >= 4 is 23.1 Å². The lowest BCUT2D eigenvalue weighted by Crippen LogP contribution is -2.12. The lowest BCUT2D eigenvalue weighted by molar-refractivity contribution is -0.120. The Kier molecular flexibility index (Phi) is 2.70. The number of nitrogen functional groups attached to an aromatic ring is 1. The van der Waals surface area contributed by atoms with Crippen molar-refractivity contribution in [3.63, 3.8) is 0 Å². The van der Waals surface area contributed by atoms with Crippen LogP contribution in [0.25, 0.3) is 10.9 Å². The van der Waals surface area contributed by atoms with Crippen molar-refractivity contribution in [1.82, 2.24) is 4.98 Å². The van der Waals surface area contributed by atoms with Crippen molar-refractivity contribution in [2.45, 2.75) is 0 Å². The lowest BCUT2D eigenvalue weighted by Gasteiger charge is -2.09. The van der Waals surface area contributed by atoms with Crippen LogP contribution in [-0.2, 0) is 4.79 Å². The number of hydrogen-bond donors (Lipinski definition) is 2. The van der Waals surface area contributed by atoms with Crippen LogP contribution in [0, 0.1) is 0 Å². The van der Waals surface area contributed by atoms with Crippen LogP contribution in [0.1, 0.15) is 0 Å². The molecule has 0 saturated heterocycles. The fraction of sp³-hybridized carbons (Fsp3) is 0.0909. The molecule has 0 atom stereocenters. The van der Waals surface area contributed by atoms with Crippen LogP contribution in [-0.4, -0.2) is 18.6 Å². The first kappa shape index (κ1) is 11.0. The third kappa shape index (κ3) is 1.80. The number of pyridine rings is 1. The Morgan fingerprint density at radius 2 is 2.12 bits per heavy atom. The van der Waals surface area contributed by atoms with Crippen LogP contribution < -0.4 is 20.8 Å². The SMILES string of the molecule is COc1c(OC=O)c(=O)[nH]c2cc(N)ccc12. The minimum atomic E-state index is -0.549. The van der Waals surface area contributed by atoms with Gasteiger partial charge < -0.3 is 20.2 Å². The van der Waals surface area contributed by atoms with Gasteiger partial charge in [-0.3, -0.25) is 9.59 Å². The van der Waals surface area contributed by atoms with Gasteiger partial charge in [-0.1, -0.05) is 0 Å². The summed E-state index contributed by atoms with van der Waals surface area (Å²) in [6.07, 6.45) is 0. The molecular weight excluding hydrogens is 224 g/mol. The lowest BCUT2D eigenvalue weighted by atomic mass is 10.2. The van der Waals surface area contributed by atoms with Crippen LogP contribution in [0.5, 0.6) is 11.5 Å². The number of H-pyrrole nitrogens is 1. The van der Waals surface area contributed by atoms with E-state index in [2.05, 4.69) is 9.72 Å². The molecule has 0 aliphatic rings. The Bertz CT molecular complexity index is 633. The van der Waals surface area contributed by atoms with E-state index in [-0.39, 0.29) is 18.0 Å².